The number of hydrogen-bond donors (Lipinski definition) is 1. The minimum absolute atomic E-state index is 0.0330. The largest absolute Gasteiger partial charge is 0.467 e. The van der Waals surface area contributed by atoms with E-state index in [0.717, 1.165) is 0 Å². The van der Waals surface area contributed by atoms with Crippen molar-refractivity contribution in [2.75, 3.05) is 7.11 Å². The number of nitrogens with one attached hydrogen (secondary N) is 1. The van der Waals surface area contributed by atoms with Gasteiger partial charge in [0.25, 0.3) is 0 Å². The number of benzene rings is 1. The minimum atomic E-state index is -0.656. The fraction of sp³-hybridized carbons (Fsp3) is 0.385. The molecule has 5 heteroatoms. The fourth-order valence-electron chi connectivity index (χ4n) is 1.55. The van der Waals surface area contributed by atoms with Gasteiger partial charge in [-0.1, -0.05) is 19.1 Å². The van der Waals surface area contributed by atoms with Gasteiger partial charge >= 0.3 is 5.97 Å². The summed E-state index contributed by atoms with van der Waals surface area (Å²) in [7, 11) is 1.27. The van der Waals surface area contributed by atoms with Gasteiger partial charge in [-0.25, -0.2) is 9.18 Å². The van der Waals surface area contributed by atoms with Gasteiger partial charge in [0.15, 0.2) is 0 Å². The maximum absolute atomic E-state index is 12.9. The quantitative estimate of drug-likeness (QED) is 0.808. The number of rotatable bonds is 5. The lowest BCUT2D eigenvalue weighted by atomic mass is 10.1. The number of carbonyl (C=O) groups excluding carboxylic acids is 2. The Morgan fingerprint density at radius 2 is 2.17 bits per heavy atom. The Morgan fingerprint density at radius 1 is 1.44 bits per heavy atom. The molecule has 0 heterocycles. The van der Waals surface area contributed by atoms with Crippen molar-refractivity contribution < 1.29 is 18.7 Å². The molecule has 18 heavy (non-hydrogen) atoms. The predicted molar refractivity (Wildman–Crippen MR) is 64.3 cm³/mol. The Morgan fingerprint density at radius 3 is 2.72 bits per heavy atom. The molecule has 0 bridgehead atoms. The number of carbonyl (C=O) groups is 2. The van der Waals surface area contributed by atoms with Crippen LogP contribution in [0.2, 0.25) is 0 Å². The van der Waals surface area contributed by atoms with Crippen molar-refractivity contribution in [3.8, 4) is 0 Å². The van der Waals surface area contributed by atoms with Gasteiger partial charge in [-0.2, -0.15) is 0 Å². The molecule has 0 spiro atoms. The van der Waals surface area contributed by atoms with Crippen LogP contribution in [0.3, 0.4) is 0 Å². The number of amides is 1. The highest BCUT2D eigenvalue weighted by Crippen LogP contribution is 2.04. The lowest BCUT2D eigenvalue weighted by Gasteiger charge is -2.14. The second-order valence-electron chi connectivity index (χ2n) is 3.86. The van der Waals surface area contributed by atoms with Gasteiger partial charge in [0.2, 0.25) is 5.91 Å². The summed E-state index contributed by atoms with van der Waals surface area (Å²) >= 11 is 0. The van der Waals surface area contributed by atoms with Gasteiger partial charge in [0.1, 0.15) is 11.9 Å². The van der Waals surface area contributed by atoms with E-state index in [2.05, 4.69) is 10.1 Å². The lowest BCUT2D eigenvalue weighted by molar-refractivity contribution is -0.145. The standard InChI is InChI=1S/C13H16FNO3/c1-3-11(13(17)18-2)15-12(16)8-9-5-4-6-10(14)7-9/h4-7,11H,3,8H2,1-2H3,(H,15,16)/t11-/m0/s1. The van der Waals surface area contributed by atoms with Crippen molar-refractivity contribution in [1.82, 2.24) is 5.32 Å². The smallest absolute Gasteiger partial charge is 0.328 e. The Kier molecular flexibility index (Phi) is 5.30. The van der Waals surface area contributed by atoms with E-state index < -0.39 is 12.0 Å². The first-order chi connectivity index (χ1) is 8.56. The molecule has 1 amide bonds. The van der Waals surface area contributed by atoms with E-state index in [0.29, 0.717) is 12.0 Å². The molecule has 1 N–H and O–H groups in total. The van der Waals surface area contributed by atoms with Gasteiger partial charge in [0.05, 0.1) is 13.5 Å². The SMILES string of the molecule is CC[C@H](NC(=O)Cc1cccc(F)c1)C(=O)OC. The normalized spacial score (nSPS) is 11.7. The van der Waals surface area contributed by atoms with Crippen molar-refractivity contribution in [3.05, 3.63) is 35.6 Å². The van der Waals surface area contributed by atoms with E-state index in [-0.39, 0.29) is 18.1 Å². The highest BCUT2D eigenvalue weighted by molar-refractivity contribution is 5.85. The van der Waals surface area contributed by atoms with Crippen molar-refractivity contribution in [1.29, 1.82) is 0 Å². The summed E-state index contributed by atoms with van der Waals surface area (Å²) in [4.78, 5) is 23.0. The molecular formula is C13H16FNO3. The number of esters is 1. The fourth-order valence-corrected chi connectivity index (χ4v) is 1.55. The van der Waals surface area contributed by atoms with Gasteiger partial charge in [-0.05, 0) is 24.1 Å². The molecule has 0 saturated carbocycles. The number of methoxy groups -OCH3 is 1. The second kappa shape index (κ2) is 6.74. The molecule has 1 aromatic carbocycles. The van der Waals surface area contributed by atoms with Crippen LogP contribution in [0.15, 0.2) is 24.3 Å². The van der Waals surface area contributed by atoms with Crippen molar-refractivity contribution in [3.63, 3.8) is 0 Å². The minimum Gasteiger partial charge on any atom is -0.467 e. The molecule has 1 atom stereocenters. The van der Waals surface area contributed by atoms with E-state index in [1.54, 1.807) is 13.0 Å². The van der Waals surface area contributed by atoms with Crippen LogP contribution in [0.25, 0.3) is 0 Å². The van der Waals surface area contributed by atoms with Gasteiger partial charge < -0.3 is 10.1 Å². The Hall–Kier alpha value is -1.91. The third-order valence-electron chi connectivity index (χ3n) is 2.48. The third kappa shape index (κ3) is 4.16. The van der Waals surface area contributed by atoms with Crippen LogP contribution in [-0.2, 0) is 20.7 Å². The van der Waals surface area contributed by atoms with Crippen LogP contribution in [0.1, 0.15) is 18.9 Å². The van der Waals surface area contributed by atoms with Crippen molar-refractivity contribution >= 4 is 11.9 Å². The van der Waals surface area contributed by atoms with Crippen molar-refractivity contribution in [2.45, 2.75) is 25.8 Å². The summed E-state index contributed by atoms with van der Waals surface area (Å²) in [6.07, 6.45) is 0.479. The molecule has 0 saturated heterocycles. The molecule has 0 radical (unpaired) electrons. The molecule has 0 aromatic heterocycles. The lowest BCUT2D eigenvalue weighted by Crippen LogP contribution is -2.41. The van der Waals surface area contributed by atoms with Crippen LogP contribution in [0.4, 0.5) is 4.39 Å². The van der Waals surface area contributed by atoms with Crippen LogP contribution in [0, 0.1) is 5.82 Å². The van der Waals surface area contributed by atoms with Gasteiger partial charge in [0, 0.05) is 0 Å². The molecule has 0 aliphatic rings. The molecule has 4 nitrogen and oxygen atoms in total. The monoisotopic (exact) mass is 253 g/mol. The summed E-state index contributed by atoms with van der Waals surface area (Å²) in [5.41, 5.74) is 0.562. The summed E-state index contributed by atoms with van der Waals surface area (Å²) in [6, 6.07) is 5.14. The molecule has 0 fully saturated rings. The number of halogens is 1. The molecule has 0 aliphatic carbocycles. The maximum atomic E-state index is 12.9. The van der Waals surface area contributed by atoms with E-state index in [1.165, 1.54) is 25.3 Å². The third-order valence-corrected chi connectivity index (χ3v) is 2.48. The van der Waals surface area contributed by atoms with E-state index >= 15 is 0 Å². The van der Waals surface area contributed by atoms with Crippen LogP contribution < -0.4 is 5.32 Å². The van der Waals surface area contributed by atoms with Crippen LogP contribution in [-0.4, -0.2) is 25.0 Å². The highest BCUT2D eigenvalue weighted by Gasteiger charge is 2.19. The predicted octanol–water partition coefficient (Wildman–Crippen LogP) is 1.44. The molecule has 98 valence electrons. The zero-order chi connectivity index (χ0) is 13.5. The van der Waals surface area contributed by atoms with Crippen LogP contribution >= 0.6 is 0 Å². The second-order valence-corrected chi connectivity index (χ2v) is 3.86. The van der Waals surface area contributed by atoms with E-state index in [9.17, 15) is 14.0 Å². The first-order valence-electron chi connectivity index (χ1n) is 5.68. The summed E-state index contributed by atoms with van der Waals surface area (Å²) in [5, 5.41) is 2.55. The average Bonchev–Trinajstić information content (AvgIpc) is 2.35. The first kappa shape index (κ1) is 14.2. The summed E-state index contributed by atoms with van der Waals surface area (Å²) in [6.45, 7) is 1.77. The number of ether oxygens (including phenoxy) is 1. The zero-order valence-corrected chi connectivity index (χ0v) is 10.4. The summed E-state index contributed by atoms with van der Waals surface area (Å²) in [5.74, 6) is -1.21. The molecular weight excluding hydrogens is 237 g/mol. The summed E-state index contributed by atoms with van der Waals surface area (Å²) < 4.78 is 17.5. The van der Waals surface area contributed by atoms with Gasteiger partial charge in [-0.3, -0.25) is 4.79 Å². The van der Waals surface area contributed by atoms with E-state index in [4.69, 9.17) is 0 Å². The average molecular weight is 253 g/mol. The van der Waals surface area contributed by atoms with Gasteiger partial charge in [-0.15, -0.1) is 0 Å². The topological polar surface area (TPSA) is 55.4 Å². The molecule has 0 unspecified atom stereocenters. The Labute approximate surface area is 105 Å². The maximum Gasteiger partial charge on any atom is 0.328 e. The number of hydrogen-bond acceptors (Lipinski definition) is 3. The van der Waals surface area contributed by atoms with Crippen LogP contribution in [0.5, 0.6) is 0 Å². The highest BCUT2D eigenvalue weighted by atomic mass is 19.1. The molecule has 0 aliphatic heterocycles. The first-order valence-corrected chi connectivity index (χ1v) is 5.68. The molecule has 1 rings (SSSR count). The van der Waals surface area contributed by atoms with E-state index in [1.807, 2.05) is 0 Å². The molecule has 1 aromatic rings. The van der Waals surface area contributed by atoms with Crippen molar-refractivity contribution in [2.24, 2.45) is 0 Å². The zero-order valence-electron chi connectivity index (χ0n) is 10.4. The Bertz CT molecular complexity index is 434. The Balaban J connectivity index is 2.58.